The molecule has 2 fully saturated rings. The van der Waals surface area contributed by atoms with Gasteiger partial charge in [-0.05, 0) is 55.2 Å². The van der Waals surface area contributed by atoms with Crippen LogP contribution in [0.25, 0.3) is 11.1 Å². The van der Waals surface area contributed by atoms with Crippen LogP contribution in [0.3, 0.4) is 0 Å². The molecule has 2 bridgehead atoms. The number of carbonyl (C=O) groups is 1. The Morgan fingerprint density at radius 2 is 1.74 bits per heavy atom. The minimum Gasteiger partial charge on any atom is -0.352 e. The summed E-state index contributed by atoms with van der Waals surface area (Å²) in [4.78, 5) is 12.3. The van der Waals surface area contributed by atoms with Gasteiger partial charge in [-0.3, -0.25) is 4.79 Å². The summed E-state index contributed by atoms with van der Waals surface area (Å²) in [6.07, 6.45) is 5.58. The molecule has 144 valence electrons. The van der Waals surface area contributed by atoms with Gasteiger partial charge in [0.25, 0.3) is 0 Å². The largest absolute Gasteiger partial charge is 0.352 e. The molecule has 2 atom stereocenters. The Bertz CT molecular complexity index is 762. The molecule has 4 heteroatoms. The van der Waals surface area contributed by atoms with Crippen molar-refractivity contribution in [2.45, 2.75) is 57.7 Å². The van der Waals surface area contributed by atoms with Gasteiger partial charge in [-0.25, -0.2) is 0 Å². The van der Waals surface area contributed by atoms with Crippen LogP contribution in [0.5, 0.6) is 0 Å². The van der Waals surface area contributed by atoms with E-state index in [-0.39, 0.29) is 18.3 Å². The smallest absolute Gasteiger partial charge is 0.220 e. The van der Waals surface area contributed by atoms with E-state index in [0.717, 1.165) is 18.4 Å². The number of piperidine rings is 1. The lowest BCUT2D eigenvalue weighted by atomic mass is 9.89. The Morgan fingerprint density at radius 3 is 2.41 bits per heavy atom. The van der Waals surface area contributed by atoms with Gasteiger partial charge in [0.1, 0.15) is 0 Å². The summed E-state index contributed by atoms with van der Waals surface area (Å²) in [5.41, 5.74) is 4.88. The van der Waals surface area contributed by atoms with Gasteiger partial charge >= 0.3 is 0 Å². The van der Waals surface area contributed by atoms with E-state index in [4.69, 9.17) is 0 Å². The molecule has 2 aromatic carbocycles. The number of aryl methyl sites for hydroxylation is 1. The first kappa shape index (κ1) is 19.9. The normalized spacial score (nSPS) is 23.5. The number of amides is 1. The summed E-state index contributed by atoms with van der Waals surface area (Å²) >= 11 is 0. The van der Waals surface area contributed by atoms with Crippen molar-refractivity contribution < 1.29 is 4.79 Å². The molecule has 4 rings (SSSR count). The molecule has 2 aliphatic heterocycles. The number of rotatable bonds is 5. The minimum absolute atomic E-state index is 0. The van der Waals surface area contributed by atoms with E-state index >= 15 is 0 Å². The average Bonchev–Trinajstić information content (AvgIpc) is 2.99. The van der Waals surface area contributed by atoms with Crippen LogP contribution in [-0.2, 0) is 11.3 Å². The molecule has 3 nitrogen and oxygen atoms in total. The molecule has 0 aromatic heterocycles. The van der Waals surface area contributed by atoms with E-state index in [1.807, 2.05) is 0 Å². The first-order valence-corrected chi connectivity index (χ1v) is 9.84. The van der Waals surface area contributed by atoms with Crippen molar-refractivity contribution in [2.75, 3.05) is 0 Å². The van der Waals surface area contributed by atoms with E-state index in [0.29, 0.717) is 31.0 Å². The van der Waals surface area contributed by atoms with Crippen LogP contribution < -0.4 is 10.6 Å². The summed E-state index contributed by atoms with van der Waals surface area (Å²) in [5.74, 6) is 0.747. The van der Waals surface area contributed by atoms with Crippen molar-refractivity contribution >= 4 is 18.3 Å². The van der Waals surface area contributed by atoms with E-state index in [1.165, 1.54) is 29.5 Å². The molecule has 2 N–H and O–H groups in total. The number of nitrogens with one attached hydrogen (secondary N) is 2. The fraction of sp³-hybridized carbons (Fsp3) is 0.435. The predicted octanol–water partition coefficient (Wildman–Crippen LogP) is 4.62. The summed E-state index contributed by atoms with van der Waals surface area (Å²) in [5, 5.41) is 6.75. The van der Waals surface area contributed by atoms with Gasteiger partial charge in [0.2, 0.25) is 5.91 Å². The van der Waals surface area contributed by atoms with Crippen molar-refractivity contribution in [1.29, 1.82) is 0 Å². The zero-order chi connectivity index (χ0) is 17.9. The molecule has 0 radical (unpaired) electrons. The number of fused-ring (bicyclic) bond motifs is 2. The monoisotopic (exact) mass is 384 g/mol. The lowest BCUT2D eigenvalue weighted by Gasteiger charge is -2.28. The first-order chi connectivity index (χ1) is 12.7. The van der Waals surface area contributed by atoms with Gasteiger partial charge in [-0.15, -0.1) is 12.4 Å². The van der Waals surface area contributed by atoms with Crippen LogP contribution in [0.2, 0.25) is 0 Å². The maximum absolute atomic E-state index is 12.3. The molecule has 2 aromatic rings. The molecule has 0 aliphatic carbocycles. The highest BCUT2D eigenvalue weighted by molar-refractivity contribution is 5.85. The van der Waals surface area contributed by atoms with Crippen LogP contribution >= 0.6 is 12.4 Å². The van der Waals surface area contributed by atoms with Crippen molar-refractivity contribution in [3.8, 4) is 11.1 Å². The Labute approximate surface area is 168 Å². The van der Waals surface area contributed by atoms with Crippen molar-refractivity contribution in [2.24, 2.45) is 5.92 Å². The fourth-order valence-electron chi connectivity index (χ4n) is 4.52. The predicted molar refractivity (Wildman–Crippen MR) is 113 cm³/mol. The van der Waals surface area contributed by atoms with Gasteiger partial charge in [0, 0.05) is 25.0 Å². The van der Waals surface area contributed by atoms with Crippen molar-refractivity contribution in [3.05, 3.63) is 59.7 Å². The van der Waals surface area contributed by atoms with Crippen LogP contribution in [0.1, 0.15) is 43.2 Å². The number of carbonyl (C=O) groups excluding carboxylic acids is 1. The second-order valence-electron chi connectivity index (χ2n) is 8.02. The standard InChI is InChI=1S/C23H28N2O.ClH/c1-16-3-2-4-20(11-16)19-7-5-17(6-8-19)15-24-23(26)14-18-12-21-9-10-22(13-18)25-21;/h2-8,11,18,21-22,25H,9-10,12-15H2,1H3,(H,24,26);1H. The summed E-state index contributed by atoms with van der Waals surface area (Å²) in [6, 6.07) is 18.3. The Balaban J connectivity index is 0.00000210. The van der Waals surface area contributed by atoms with E-state index < -0.39 is 0 Å². The summed E-state index contributed by atoms with van der Waals surface area (Å²) < 4.78 is 0. The minimum atomic E-state index is 0. The second kappa shape index (κ2) is 8.90. The SMILES string of the molecule is Cc1cccc(-c2ccc(CNC(=O)CC3CC4CCC(C3)N4)cc2)c1.Cl. The molecule has 2 unspecified atom stereocenters. The highest BCUT2D eigenvalue weighted by Crippen LogP contribution is 2.32. The zero-order valence-corrected chi connectivity index (χ0v) is 16.7. The van der Waals surface area contributed by atoms with Crippen LogP contribution in [0.4, 0.5) is 0 Å². The number of halogens is 1. The zero-order valence-electron chi connectivity index (χ0n) is 15.9. The summed E-state index contributed by atoms with van der Waals surface area (Å²) in [6.45, 7) is 2.73. The average molecular weight is 385 g/mol. The van der Waals surface area contributed by atoms with E-state index in [2.05, 4.69) is 66.1 Å². The van der Waals surface area contributed by atoms with E-state index in [9.17, 15) is 4.79 Å². The van der Waals surface area contributed by atoms with Crippen LogP contribution in [0, 0.1) is 12.8 Å². The molecular formula is C23H29ClN2O. The van der Waals surface area contributed by atoms with Gasteiger partial charge in [0.15, 0.2) is 0 Å². The second-order valence-corrected chi connectivity index (χ2v) is 8.02. The Hall–Kier alpha value is -1.84. The fourth-order valence-corrected chi connectivity index (χ4v) is 4.52. The number of benzene rings is 2. The molecule has 0 saturated carbocycles. The maximum atomic E-state index is 12.3. The van der Waals surface area contributed by atoms with Gasteiger partial charge in [-0.1, -0.05) is 54.1 Å². The van der Waals surface area contributed by atoms with Crippen LogP contribution in [0.15, 0.2) is 48.5 Å². The van der Waals surface area contributed by atoms with Gasteiger partial charge in [-0.2, -0.15) is 0 Å². The third kappa shape index (κ3) is 5.12. The van der Waals surface area contributed by atoms with E-state index in [1.54, 1.807) is 0 Å². The molecule has 2 aliphatic rings. The Kier molecular flexibility index (Phi) is 6.56. The molecule has 27 heavy (non-hydrogen) atoms. The maximum Gasteiger partial charge on any atom is 0.220 e. The highest BCUT2D eigenvalue weighted by Gasteiger charge is 2.34. The lowest BCUT2D eigenvalue weighted by Crippen LogP contribution is -2.39. The lowest BCUT2D eigenvalue weighted by molar-refractivity contribution is -0.122. The molecule has 2 heterocycles. The first-order valence-electron chi connectivity index (χ1n) is 9.84. The quantitative estimate of drug-likeness (QED) is 0.789. The highest BCUT2D eigenvalue weighted by atomic mass is 35.5. The van der Waals surface area contributed by atoms with Gasteiger partial charge in [0.05, 0.1) is 0 Å². The third-order valence-corrected chi connectivity index (χ3v) is 5.84. The summed E-state index contributed by atoms with van der Waals surface area (Å²) in [7, 11) is 0. The molecule has 0 spiro atoms. The topological polar surface area (TPSA) is 41.1 Å². The number of hydrogen-bond donors (Lipinski definition) is 2. The molecule has 2 saturated heterocycles. The molecule has 1 amide bonds. The van der Waals surface area contributed by atoms with Gasteiger partial charge < -0.3 is 10.6 Å². The number of hydrogen-bond acceptors (Lipinski definition) is 2. The van der Waals surface area contributed by atoms with Crippen molar-refractivity contribution in [1.82, 2.24) is 10.6 Å². The third-order valence-electron chi connectivity index (χ3n) is 5.84. The Morgan fingerprint density at radius 1 is 1.04 bits per heavy atom. The molecular weight excluding hydrogens is 356 g/mol. The van der Waals surface area contributed by atoms with Crippen LogP contribution in [-0.4, -0.2) is 18.0 Å². The van der Waals surface area contributed by atoms with Crippen molar-refractivity contribution in [3.63, 3.8) is 0 Å².